The van der Waals surface area contributed by atoms with Gasteiger partial charge in [-0.05, 0) is 79.7 Å². The van der Waals surface area contributed by atoms with E-state index in [1.807, 2.05) is 42.5 Å². The van der Waals surface area contributed by atoms with Gasteiger partial charge in [0.1, 0.15) is 0 Å². The van der Waals surface area contributed by atoms with Crippen LogP contribution >= 0.6 is 12.4 Å². The molecule has 3 aromatic carbocycles. The summed E-state index contributed by atoms with van der Waals surface area (Å²) in [5.74, 6) is -0.235. The molecular weight excluding hydrogens is 524 g/mol. The largest absolute Gasteiger partial charge is 0.354 e. The number of halogens is 1. The Morgan fingerprint density at radius 3 is 2.21 bits per heavy atom. The number of carbonyl (C=O) groups is 2. The number of anilines is 1. The number of carbonyl (C=O) groups excluding carboxylic acids is 2. The number of hydrogen-bond donors (Lipinski definition) is 4. The summed E-state index contributed by atoms with van der Waals surface area (Å²) in [5.41, 5.74) is 2.70. The van der Waals surface area contributed by atoms with E-state index in [2.05, 4.69) is 20.7 Å². The lowest BCUT2D eigenvalue weighted by Crippen LogP contribution is -2.40. The number of piperidine rings is 1. The van der Waals surface area contributed by atoms with E-state index in [-0.39, 0.29) is 35.3 Å². The Kier molecular flexibility index (Phi) is 10.7. The quantitative estimate of drug-likeness (QED) is 0.306. The lowest BCUT2D eigenvalue weighted by Gasteiger charge is -2.22. The summed E-state index contributed by atoms with van der Waals surface area (Å²) < 4.78 is 28.7. The number of rotatable bonds is 10. The van der Waals surface area contributed by atoms with Gasteiger partial charge in [-0.3, -0.25) is 14.3 Å². The van der Waals surface area contributed by atoms with Gasteiger partial charge < -0.3 is 16.0 Å². The molecule has 2 amide bonds. The highest BCUT2D eigenvalue weighted by Crippen LogP contribution is 2.23. The van der Waals surface area contributed by atoms with Crippen LogP contribution < -0.4 is 20.7 Å². The van der Waals surface area contributed by atoms with Gasteiger partial charge >= 0.3 is 0 Å². The molecule has 4 N–H and O–H groups in total. The Balaban J connectivity index is 0.00000400. The number of hydrogen-bond acceptors (Lipinski definition) is 5. The van der Waals surface area contributed by atoms with Gasteiger partial charge in [-0.15, -0.1) is 12.4 Å². The fourth-order valence-corrected chi connectivity index (χ4v) is 5.35. The summed E-state index contributed by atoms with van der Waals surface area (Å²) in [7, 11) is -3.86. The number of benzene rings is 3. The maximum absolute atomic E-state index is 13.0. The molecule has 0 aromatic heterocycles. The molecule has 0 bridgehead atoms. The molecule has 0 atom stereocenters. The van der Waals surface area contributed by atoms with E-state index in [0.29, 0.717) is 24.6 Å². The van der Waals surface area contributed by atoms with Crippen molar-refractivity contribution in [2.75, 3.05) is 30.9 Å². The molecule has 0 saturated carbocycles. The molecule has 38 heavy (non-hydrogen) atoms. The molecule has 0 spiro atoms. The molecule has 1 aliphatic rings. The molecule has 3 aromatic rings. The fourth-order valence-electron chi connectivity index (χ4n) is 4.25. The predicted octanol–water partition coefficient (Wildman–Crippen LogP) is 3.35. The van der Waals surface area contributed by atoms with E-state index < -0.39 is 15.9 Å². The first-order valence-corrected chi connectivity index (χ1v) is 13.9. The van der Waals surface area contributed by atoms with Crippen molar-refractivity contribution in [1.29, 1.82) is 0 Å². The number of nitrogens with one attached hydrogen (secondary N) is 4. The highest BCUT2D eigenvalue weighted by atomic mass is 35.5. The Bertz CT molecular complexity index is 1310. The molecule has 4 rings (SSSR count). The smallest absolute Gasteiger partial charge is 0.261 e. The normalized spacial score (nSPS) is 13.7. The van der Waals surface area contributed by atoms with Crippen LogP contribution in [0.1, 0.15) is 34.3 Å². The van der Waals surface area contributed by atoms with E-state index in [4.69, 9.17) is 0 Å². The van der Waals surface area contributed by atoms with Gasteiger partial charge in [0, 0.05) is 12.1 Å². The van der Waals surface area contributed by atoms with Crippen molar-refractivity contribution >= 4 is 39.9 Å². The van der Waals surface area contributed by atoms with Crippen LogP contribution in [0.15, 0.2) is 83.8 Å². The van der Waals surface area contributed by atoms with Gasteiger partial charge in [0.25, 0.3) is 15.9 Å². The lowest BCUT2D eigenvalue weighted by atomic mass is 9.98. The minimum atomic E-state index is -3.86. The maximum Gasteiger partial charge on any atom is 0.261 e. The summed E-state index contributed by atoms with van der Waals surface area (Å²) in [6.45, 7) is 2.38. The van der Waals surface area contributed by atoms with E-state index >= 15 is 0 Å². The van der Waals surface area contributed by atoms with E-state index in [9.17, 15) is 18.0 Å². The number of para-hydroxylation sites is 1. The predicted molar refractivity (Wildman–Crippen MR) is 151 cm³/mol. The summed E-state index contributed by atoms with van der Waals surface area (Å²) in [5, 5.41) is 8.73. The number of amides is 2. The van der Waals surface area contributed by atoms with Crippen LogP contribution in [0.5, 0.6) is 0 Å². The van der Waals surface area contributed by atoms with Crippen LogP contribution in [-0.4, -0.2) is 46.4 Å². The van der Waals surface area contributed by atoms with Crippen molar-refractivity contribution < 1.29 is 18.0 Å². The Morgan fingerprint density at radius 2 is 1.50 bits per heavy atom. The van der Waals surface area contributed by atoms with Crippen LogP contribution in [0.4, 0.5) is 5.69 Å². The zero-order valence-electron chi connectivity index (χ0n) is 21.0. The van der Waals surface area contributed by atoms with Gasteiger partial charge in [-0.2, -0.15) is 0 Å². The molecule has 1 aliphatic heterocycles. The van der Waals surface area contributed by atoms with Crippen molar-refractivity contribution in [3.63, 3.8) is 0 Å². The van der Waals surface area contributed by atoms with Crippen LogP contribution in [0.3, 0.4) is 0 Å². The Labute approximate surface area is 230 Å². The van der Waals surface area contributed by atoms with Crippen molar-refractivity contribution in [2.45, 2.75) is 24.2 Å². The van der Waals surface area contributed by atoms with E-state index in [1.54, 1.807) is 12.1 Å². The van der Waals surface area contributed by atoms with E-state index in [0.717, 1.165) is 37.1 Å². The van der Waals surface area contributed by atoms with Crippen LogP contribution in [0.2, 0.25) is 0 Å². The fraction of sp³-hybridized carbons (Fsp3) is 0.286. The van der Waals surface area contributed by atoms with Gasteiger partial charge in [-0.1, -0.05) is 48.5 Å². The highest BCUT2D eigenvalue weighted by Gasteiger charge is 2.18. The molecule has 8 nitrogen and oxygen atoms in total. The third kappa shape index (κ3) is 8.31. The third-order valence-corrected chi connectivity index (χ3v) is 7.76. The minimum absolute atomic E-state index is 0. The molecule has 10 heteroatoms. The molecule has 0 radical (unpaired) electrons. The molecular formula is C28H33ClN4O4S. The van der Waals surface area contributed by atoms with Crippen LogP contribution in [0, 0.1) is 5.92 Å². The number of sulfonamides is 1. The Morgan fingerprint density at radius 1 is 0.842 bits per heavy atom. The van der Waals surface area contributed by atoms with Gasteiger partial charge in [-0.25, -0.2) is 8.42 Å². The van der Waals surface area contributed by atoms with Crippen molar-refractivity contribution in [3.05, 3.63) is 95.6 Å². The van der Waals surface area contributed by atoms with Crippen molar-refractivity contribution in [3.8, 4) is 0 Å². The zero-order valence-corrected chi connectivity index (χ0v) is 22.6. The summed E-state index contributed by atoms with van der Waals surface area (Å²) in [6.07, 6.45) is 2.63. The standard InChI is InChI=1S/C28H32N4O4S.ClH/c33-27(30-19-22-14-16-29-17-15-22)20-31-28(34)23-10-12-25(13-11-23)37(35,36)32-26-9-5-4-8-24(26)18-21-6-2-1-3-7-21;/h1-13,22,29,32H,14-20H2,(H,30,33)(H,31,34);1H. The second kappa shape index (κ2) is 13.9. The molecule has 0 unspecified atom stereocenters. The maximum atomic E-state index is 13.0. The molecule has 1 saturated heterocycles. The average Bonchev–Trinajstić information content (AvgIpc) is 2.93. The van der Waals surface area contributed by atoms with Crippen molar-refractivity contribution in [2.24, 2.45) is 5.92 Å². The molecule has 1 fully saturated rings. The van der Waals surface area contributed by atoms with Crippen LogP contribution in [-0.2, 0) is 21.2 Å². The topological polar surface area (TPSA) is 116 Å². The van der Waals surface area contributed by atoms with Gasteiger partial charge in [0.15, 0.2) is 0 Å². The first kappa shape index (κ1) is 29.2. The van der Waals surface area contributed by atoms with Crippen molar-refractivity contribution in [1.82, 2.24) is 16.0 Å². The van der Waals surface area contributed by atoms with Gasteiger partial charge in [0.05, 0.1) is 17.1 Å². The second-order valence-corrected chi connectivity index (χ2v) is 10.8. The first-order valence-electron chi connectivity index (χ1n) is 12.4. The second-order valence-electron chi connectivity index (χ2n) is 9.13. The summed E-state index contributed by atoms with van der Waals surface area (Å²) in [4.78, 5) is 24.6. The molecule has 1 heterocycles. The highest BCUT2D eigenvalue weighted by molar-refractivity contribution is 7.92. The minimum Gasteiger partial charge on any atom is -0.354 e. The lowest BCUT2D eigenvalue weighted by molar-refractivity contribution is -0.120. The summed E-state index contributed by atoms with van der Waals surface area (Å²) in [6, 6.07) is 22.7. The monoisotopic (exact) mass is 556 g/mol. The van der Waals surface area contributed by atoms with Gasteiger partial charge in [0.2, 0.25) is 5.91 Å². The SMILES string of the molecule is Cl.O=C(CNC(=O)c1ccc(S(=O)(=O)Nc2ccccc2Cc2ccccc2)cc1)NCC1CCNCC1. The van der Waals surface area contributed by atoms with Crippen LogP contribution in [0.25, 0.3) is 0 Å². The molecule has 0 aliphatic carbocycles. The van der Waals surface area contributed by atoms with E-state index in [1.165, 1.54) is 24.3 Å². The molecule has 202 valence electrons. The first-order chi connectivity index (χ1) is 17.9. The Hall–Kier alpha value is -3.40. The summed E-state index contributed by atoms with van der Waals surface area (Å²) >= 11 is 0. The zero-order chi connectivity index (χ0) is 26.1. The third-order valence-electron chi connectivity index (χ3n) is 6.38. The average molecular weight is 557 g/mol.